The molecule has 2 amide bonds. The fourth-order valence-corrected chi connectivity index (χ4v) is 5.12. The van der Waals surface area contributed by atoms with Crippen LogP contribution < -0.4 is 9.62 Å². The molecule has 0 atom stereocenters. The first-order valence-corrected chi connectivity index (χ1v) is 10.2. The van der Waals surface area contributed by atoms with E-state index in [2.05, 4.69) is 5.32 Å². The van der Waals surface area contributed by atoms with Crippen molar-refractivity contribution in [2.45, 2.75) is 27.3 Å². The molecular weight excluding hydrogens is 364 g/mol. The van der Waals surface area contributed by atoms with Gasteiger partial charge in [0.25, 0.3) is 5.91 Å². The van der Waals surface area contributed by atoms with Crippen LogP contribution >= 0.6 is 0 Å². The summed E-state index contributed by atoms with van der Waals surface area (Å²) >= 11 is 0. The molecule has 27 heavy (non-hydrogen) atoms. The van der Waals surface area contributed by atoms with E-state index in [0.29, 0.717) is 12.1 Å². The van der Waals surface area contributed by atoms with Crippen molar-refractivity contribution in [1.29, 1.82) is 0 Å². The lowest BCUT2D eigenvalue weighted by atomic mass is 9.95. The molecule has 7 heteroatoms. The lowest BCUT2D eigenvalue weighted by molar-refractivity contribution is -0.123. The van der Waals surface area contributed by atoms with Gasteiger partial charge in [0, 0.05) is 12.1 Å². The molecule has 0 aromatic heterocycles. The Labute approximate surface area is 159 Å². The molecule has 1 heterocycles. The number of hydrogen-bond donors (Lipinski definition) is 1. The van der Waals surface area contributed by atoms with E-state index in [0.717, 1.165) is 15.4 Å². The number of rotatable bonds is 4. The third-order valence-electron chi connectivity index (χ3n) is 4.50. The maximum Gasteiger partial charge on any atom is 0.251 e. The third kappa shape index (κ3) is 3.88. The number of amides is 2. The number of nitrogens with one attached hydrogen (secondary N) is 1. The monoisotopic (exact) mass is 386 g/mol. The van der Waals surface area contributed by atoms with Gasteiger partial charge in [-0.15, -0.1) is 0 Å². The van der Waals surface area contributed by atoms with Gasteiger partial charge >= 0.3 is 0 Å². The Bertz CT molecular complexity index is 995. The van der Waals surface area contributed by atoms with Crippen molar-refractivity contribution in [2.24, 2.45) is 5.41 Å². The first-order chi connectivity index (χ1) is 12.6. The zero-order valence-electron chi connectivity index (χ0n) is 15.5. The number of hydrogen-bond acceptors (Lipinski definition) is 4. The van der Waals surface area contributed by atoms with Crippen LogP contribution in [0.3, 0.4) is 0 Å². The molecule has 0 bridgehead atoms. The third-order valence-corrected chi connectivity index (χ3v) is 6.52. The average molecular weight is 386 g/mol. The molecule has 1 aliphatic heterocycles. The molecule has 6 nitrogen and oxygen atoms in total. The largest absolute Gasteiger partial charge is 0.348 e. The standard InChI is InChI=1S/C20H22N2O4S/c1-14-7-9-15(10-8-14)12-21-18(23)16-5-4-6-17(11-16)22-19(24)20(2,3)13-27(22,25)26/h4-11H,12-13H2,1-3H3,(H,21,23). The number of sulfonamides is 1. The highest BCUT2D eigenvalue weighted by Crippen LogP contribution is 2.35. The van der Waals surface area contributed by atoms with Crippen LogP contribution in [-0.4, -0.2) is 26.0 Å². The predicted octanol–water partition coefficient (Wildman–Crippen LogP) is 2.63. The normalized spacial score (nSPS) is 17.7. The minimum absolute atomic E-state index is 0.188. The van der Waals surface area contributed by atoms with Gasteiger partial charge in [-0.2, -0.15) is 0 Å². The van der Waals surface area contributed by atoms with Crippen LogP contribution in [0.5, 0.6) is 0 Å². The molecular formula is C20H22N2O4S. The Kier molecular flexibility index (Phi) is 4.82. The summed E-state index contributed by atoms with van der Waals surface area (Å²) in [6.07, 6.45) is 0. The maximum absolute atomic E-state index is 12.5. The number of carbonyl (C=O) groups is 2. The van der Waals surface area contributed by atoms with Crippen molar-refractivity contribution >= 4 is 27.5 Å². The summed E-state index contributed by atoms with van der Waals surface area (Å²) in [5.74, 6) is -1.07. The predicted molar refractivity (Wildman–Crippen MR) is 104 cm³/mol. The first kappa shape index (κ1) is 19.1. The second kappa shape index (κ2) is 6.81. The molecule has 1 aliphatic rings. The summed E-state index contributed by atoms with van der Waals surface area (Å²) in [5.41, 5.74) is 1.60. The molecule has 0 unspecified atom stereocenters. The fraction of sp³-hybridized carbons (Fsp3) is 0.300. The van der Waals surface area contributed by atoms with Crippen molar-refractivity contribution in [2.75, 3.05) is 10.1 Å². The maximum atomic E-state index is 12.5. The topological polar surface area (TPSA) is 83.6 Å². The van der Waals surface area contributed by atoms with Crippen molar-refractivity contribution in [3.05, 3.63) is 65.2 Å². The first-order valence-electron chi connectivity index (χ1n) is 8.61. The van der Waals surface area contributed by atoms with E-state index in [-0.39, 0.29) is 17.3 Å². The van der Waals surface area contributed by atoms with E-state index in [9.17, 15) is 18.0 Å². The van der Waals surface area contributed by atoms with Gasteiger partial charge in [-0.25, -0.2) is 12.7 Å². The van der Waals surface area contributed by atoms with E-state index in [1.54, 1.807) is 26.0 Å². The summed E-state index contributed by atoms with van der Waals surface area (Å²) in [5, 5.41) is 2.81. The molecule has 0 saturated carbocycles. The smallest absolute Gasteiger partial charge is 0.251 e. The summed E-state index contributed by atoms with van der Waals surface area (Å²) in [4.78, 5) is 25.0. The number of anilines is 1. The van der Waals surface area contributed by atoms with Gasteiger partial charge < -0.3 is 5.32 Å². The van der Waals surface area contributed by atoms with Crippen LogP contribution in [0.2, 0.25) is 0 Å². The second-order valence-electron chi connectivity index (χ2n) is 7.43. The van der Waals surface area contributed by atoms with Crippen LogP contribution in [0.25, 0.3) is 0 Å². The molecule has 142 valence electrons. The number of nitrogens with zero attached hydrogens (tertiary/aromatic N) is 1. The van der Waals surface area contributed by atoms with Gasteiger partial charge in [0.2, 0.25) is 15.9 Å². The number of carbonyl (C=O) groups excluding carboxylic acids is 2. The Morgan fingerprint density at radius 1 is 1.15 bits per heavy atom. The molecule has 1 fully saturated rings. The Morgan fingerprint density at radius 2 is 1.81 bits per heavy atom. The molecule has 2 aromatic rings. The Morgan fingerprint density at radius 3 is 2.41 bits per heavy atom. The molecule has 0 aliphatic carbocycles. The minimum atomic E-state index is -3.75. The quantitative estimate of drug-likeness (QED) is 0.876. The van der Waals surface area contributed by atoms with E-state index in [1.165, 1.54) is 12.1 Å². The molecule has 0 radical (unpaired) electrons. The highest BCUT2D eigenvalue weighted by atomic mass is 32.2. The summed E-state index contributed by atoms with van der Waals surface area (Å²) in [7, 11) is -3.75. The van der Waals surface area contributed by atoms with Crippen molar-refractivity contribution in [1.82, 2.24) is 5.32 Å². The molecule has 1 N–H and O–H groups in total. The fourth-order valence-electron chi connectivity index (χ4n) is 3.03. The molecule has 0 spiro atoms. The highest BCUT2D eigenvalue weighted by Gasteiger charge is 2.49. The number of benzene rings is 2. The molecule has 1 saturated heterocycles. The lowest BCUT2D eigenvalue weighted by Gasteiger charge is -2.18. The van der Waals surface area contributed by atoms with Crippen LogP contribution in [0, 0.1) is 12.3 Å². The van der Waals surface area contributed by atoms with Gasteiger partial charge in [0.05, 0.1) is 16.9 Å². The van der Waals surface area contributed by atoms with Gasteiger partial charge in [-0.3, -0.25) is 9.59 Å². The zero-order chi connectivity index (χ0) is 19.8. The van der Waals surface area contributed by atoms with Gasteiger partial charge in [0.1, 0.15) is 0 Å². The minimum Gasteiger partial charge on any atom is -0.348 e. The van der Waals surface area contributed by atoms with Gasteiger partial charge in [-0.05, 0) is 44.5 Å². The van der Waals surface area contributed by atoms with E-state index < -0.39 is 21.3 Å². The van der Waals surface area contributed by atoms with E-state index in [4.69, 9.17) is 0 Å². The second-order valence-corrected chi connectivity index (χ2v) is 9.25. The van der Waals surface area contributed by atoms with E-state index in [1.807, 2.05) is 31.2 Å². The van der Waals surface area contributed by atoms with Crippen molar-refractivity contribution in [3.63, 3.8) is 0 Å². The Hall–Kier alpha value is -2.67. The van der Waals surface area contributed by atoms with Crippen LogP contribution in [-0.2, 0) is 21.4 Å². The molecule has 2 aromatic carbocycles. The molecule has 3 rings (SSSR count). The van der Waals surface area contributed by atoms with Crippen LogP contribution in [0.15, 0.2) is 48.5 Å². The lowest BCUT2D eigenvalue weighted by Crippen LogP contribution is -2.33. The Balaban J connectivity index is 1.80. The summed E-state index contributed by atoms with van der Waals surface area (Å²) in [6, 6.07) is 13.9. The number of aryl methyl sites for hydroxylation is 1. The van der Waals surface area contributed by atoms with Crippen molar-refractivity contribution < 1.29 is 18.0 Å². The van der Waals surface area contributed by atoms with Crippen molar-refractivity contribution in [3.8, 4) is 0 Å². The highest BCUT2D eigenvalue weighted by molar-refractivity contribution is 7.94. The van der Waals surface area contributed by atoms with Crippen LogP contribution in [0.4, 0.5) is 5.69 Å². The average Bonchev–Trinajstić information content (AvgIpc) is 2.77. The SMILES string of the molecule is Cc1ccc(CNC(=O)c2cccc(N3C(=O)C(C)(C)CS3(=O)=O)c2)cc1. The van der Waals surface area contributed by atoms with Gasteiger partial charge in [-0.1, -0.05) is 35.9 Å². The summed E-state index contributed by atoms with van der Waals surface area (Å²) in [6.45, 7) is 5.55. The van der Waals surface area contributed by atoms with Gasteiger partial charge in [0.15, 0.2) is 0 Å². The van der Waals surface area contributed by atoms with Crippen LogP contribution in [0.1, 0.15) is 35.3 Å². The zero-order valence-corrected chi connectivity index (χ0v) is 16.3. The van der Waals surface area contributed by atoms with E-state index >= 15 is 0 Å². The summed E-state index contributed by atoms with van der Waals surface area (Å²) < 4.78 is 25.6.